The molecule has 0 bridgehead atoms. The molecule has 0 unspecified atom stereocenters. The van der Waals surface area contributed by atoms with Crippen molar-refractivity contribution >= 4 is 21.6 Å². The van der Waals surface area contributed by atoms with Gasteiger partial charge >= 0.3 is 0 Å². The van der Waals surface area contributed by atoms with Crippen molar-refractivity contribution in [2.45, 2.75) is 24.8 Å². The number of carbonyl (C=O) groups excluding carboxylic acids is 1. The van der Waals surface area contributed by atoms with Crippen LogP contribution in [0.25, 0.3) is 0 Å². The van der Waals surface area contributed by atoms with E-state index < -0.39 is 34.3 Å². The van der Waals surface area contributed by atoms with Gasteiger partial charge in [-0.05, 0) is 80.6 Å². The van der Waals surface area contributed by atoms with Crippen LogP contribution in [-0.2, 0) is 14.8 Å². The molecule has 0 heterocycles. The van der Waals surface area contributed by atoms with Crippen molar-refractivity contribution in [1.29, 1.82) is 0 Å². The van der Waals surface area contributed by atoms with Crippen LogP contribution in [0.1, 0.15) is 25.5 Å². The number of rotatable bonds is 11. The van der Waals surface area contributed by atoms with Gasteiger partial charge in [-0.3, -0.25) is 9.10 Å². The first kappa shape index (κ1) is 26.8. The van der Waals surface area contributed by atoms with Gasteiger partial charge in [-0.2, -0.15) is 0 Å². The molecule has 0 aliphatic carbocycles. The lowest BCUT2D eigenvalue weighted by Crippen LogP contribution is -2.41. The van der Waals surface area contributed by atoms with E-state index in [4.69, 9.17) is 14.2 Å². The molecule has 0 saturated carbocycles. The van der Waals surface area contributed by atoms with E-state index in [1.54, 1.807) is 49.4 Å². The Bertz CT molecular complexity index is 1280. The number of hydrogen-bond donors (Lipinski definition) is 1. The van der Waals surface area contributed by atoms with E-state index in [0.717, 1.165) is 28.6 Å². The smallest absolute Gasteiger partial charge is 0.264 e. The van der Waals surface area contributed by atoms with Crippen LogP contribution in [0.15, 0.2) is 71.6 Å². The van der Waals surface area contributed by atoms with Crippen molar-refractivity contribution in [3.63, 3.8) is 0 Å². The zero-order chi connectivity index (χ0) is 26.3. The fraction of sp³-hybridized carbons (Fsp3) is 0.269. The molecule has 0 aliphatic rings. The highest BCUT2D eigenvalue weighted by molar-refractivity contribution is 7.92. The molecular weight excluding hydrogens is 487 g/mol. The average molecular weight is 517 g/mol. The molecule has 192 valence electrons. The molecule has 1 atom stereocenters. The third-order valence-corrected chi connectivity index (χ3v) is 7.19. The largest absolute Gasteiger partial charge is 0.497 e. The normalized spacial score (nSPS) is 11.9. The Morgan fingerprint density at radius 1 is 0.972 bits per heavy atom. The van der Waals surface area contributed by atoms with Crippen LogP contribution < -0.4 is 23.8 Å². The summed E-state index contributed by atoms with van der Waals surface area (Å²) in [6.45, 7) is 3.53. The molecular formula is C26H29FN2O6S. The second-order valence-corrected chi connectivity index (χ2v) is 9.65. The molecule has 1 amide bonds. The van der Waals surface area contributed by atoms with Crippen molar-refractivity contribution in [2.24, 2.45) is 0 Å². The molecule has 3 rings (SSSR count). The predicted octanol–water partition coefficient (Wildman–Crippen LogP) is 4.31. The Labute approximate surface area is 210 Å². The Balaban J connectivity index is 1.91. The predicted molar refractivity (Wildman–Crippen MR) is 135 cm³/mol. The average Bonchev–Trinajstić information content (AvgIpc) is 2.87. The molecule has 0 spiro atoms. The molecule has 0 radical (unpaired) electrons. The van der Waals surface area contributed by atoms with Gasteiger partial charge in [0, 0.05) is 5.56 Å². The van der Waals surface area contributed by atoms with E-state index in [9.17, 15) is 17.6 Å². The number of carbonyl (C=O) groups is 1. The lowest BCUT2D eigenvalue weighted by molar-refractivity contribution is -0.120. The van der Waals surface area contributed by atoms with Crippen LogP contribution >= 0.6 is 0 Å². The van der Waals surface area contributed by atoms with Crippen LogP contribution in [0.2, 0.25) is 0 Å². The number of anilines is 1. The van der Waals surface area contributed by atoms with Gasteiger partial charge in [0.25, 0.3) is 10.0 Å². The fourth-order valence-corrected chi connectivity index (χ4v) is 5.02. The quantitative estimate of drug-likeness (QED) is 0.408. The standard InChI is InChI=1S/C26H29FN2O6S/c1-5-35-21-10-8-20(9-11-21)29(36(31,32)23-13-6-19(27)7-14-23)17-26(30)28-18(2)24-16-22(33-3)12-15-25(24)34-4/h6-16,18H,5,17H2,1-4H3,(H,28,30)/t18-/m1/s1. The molecule has 3 aromatic rings. The number of benzene rings is 3. The molecule has 36 heavy (non-hydrogen) atoms. The summed E-state index contributed by atoms with van der Waals surface area (Å²) in [5.74, 6) is 0.573. The van der Waals surface area contributed by atoms with Crippen LogP contribution in [0.3, 0.4) is 0 Å². The third kappa shape index (κ3) is 6.25. The summed E-state index contributed by atoms with van der Waals surface area (Å²) in [6.07, 6.45) is 0. The van der Waals surface area contributed by atoms with Gasteiger partial charge in [0.2, 0.25) is 5.91 Å². The summed E-state index contributed by atoms with van der Waals surface area (Å²) in [7, 11) is -1.15. The lowest BCUT2D eigenvalue weighted by Gasteiger charge is -2.25. The van der Waals surface area contributed by atoms with Gasteiger partial charge in [-0.1, -0.05) is 0 Å². The Kier molecular flexibility index (Phi) is 8.76. The third-order valence-electron chi connectivity index (χ3n) is 5.41. The van der Waals surface area contributed by atoms with Gasteiger partial charge in [-0.25, -0.2) is 12.8 Å². The maximum atomic E-state index is 13.5. The summed E-state index contributed by atoms with van der Waals surface area (Å²) >= 11 is 0. The first-order valence-electron chi connectivity index (χ1n) is 11.2. The first-order chi connectivity index (χ1) is 17.2. The molecule has 1 N–H and O–H groups in total. The van der Waals surface area contributed by atoms with Crippen molar-refractivity contribution in [3.05, 3.63) is 78.1 Å². The minimum atomic E-state index is -4.19. The van der Waals surface area contributed by atoms with E-state index in [-0.39, 0.29) is 10.6 Å². The molecule has 8 nitrogen and oxygen atoms in total. The highest BCUT2D eigenvalue weighted by atomic mass is 32.2. The maximum absolute atomic E-state index is 13.5. The van der Waals surface area contributed by atoms with Crippen molar-refractivity contribution in [2.75, 3.05) is 31.7 Å². The summed E-state index contributed by atoms with van der Waals surface area (Å²) < 4.78 is 57.5. The van der Waals surface area contributed by atoms with Gasteiger partial charge in [0.1, 0.15) is 29.6 Å². The number of nitrogens with one attached hydrogen (secondary N) is 1. The monoisotopic (exact) mass is 516 g/mol. The number of methoxy groups -OCH3 is 2. The molecule has 3 aromatic carbocycles. The summed E-state index contributed by atoms with van der Waals surface area (Å²) in [6, 6.07) is 15.5. The number of amides is 1. The number of hydrogen-bond acceptors (Lipinski definition) is 6. The molecule has 10 heteroatoms. The number of sulfonamides is 1. The number of nitrogens with zero attached hydrogens (tertiary/aromatic N) is 1. The summed E-state index contributed by atoms with van der Waals surface area (Å²) in [5.41, 5.74) is 0.920. The second-order valence-electron chi connectivity index (χ2n) is 7.79. The Morgan fingerprint density at radius 3 is 2.19 bits per heavy atom. The van der Waals surface area contributed by atoms with Crippen LogP contribution in [0.4, 0.5) is 10.1 Å². The van der Waals surface area contributed by atoms with E-state index in [1.807, 2.05) is 6.92 Å². The minimum Gasteiger partial charge on any atom is -0.497 e. The van der Waals surface area contributed by atoms with Gasteiger partial charge in [0.05, 0.1) is 37.5 Å². The SMILES string of the molecule is CCOc1ccc(N(CC(=O)N[C@H](C)c2cc(OC)ccc2OC)S(=O)(=O)c2ccc(F)cc2)cc1. The van der Waals surface area contributed by atoms with E-state index in [0.29, 0.717) is 29.4 Å². The zero-order valence-electron chi connectivity index (χ0n) is 20.5. The molecule has 0 saturated heterocycles. The van der Waals surface area contributed by atoms with Crippen LogP contribution in [0, 0.1) is 5.82 Å². The van der Waals surface area contributed by atoms with Gasteiger partial charge < -0.3 is 19.5 Å². The van der Waals surface area contributed by atoms with Crippen LogP contribution in [0.5, 0.6) is 17.2 Å². The molecule has 0 aromatic heterocycles. The Morgan fingerprint density at radius 2 is 1.61 bits per heavy atom. The van der Waals surface area contributed by atoms with Crippen molar-refractivity contribution in [1.82, 2.24) is 5.32 Å². The van der Waals surface area contributed by atoms with E-state index >= 15 is 0 Å². The number of ether oxygens (including phenoxy) is 3. The van der Waals surface area contributed by atoms with Gasteiger partial charge in [-0.15, -0.1) is 0 Å². The van der Waals surface area contributed by atoms with Crippen molar-refractivity contribution < 1.29 is 31.8 Å². The van der Waals surface area contributed by atoms with Crippen LogP contribution in [-0.4, -0.2) is 41.7 Å². The number of halogens is 1. The van der Waals surface area contributed by atoms with Gasteiger partial charge in [0.15, 0.2) is 0 Å². The maximum Gasteiger partial charge on any atom is 0.264 e. The highest BCUT2D eigenvalue weighted by Crippen LogP contribution is 2.30. The summed E-state index contributed by atoms with van der Waals surface area (Å²) in [4.78, 5) is 12.9. The summed E-state index contributed by atoms with van der Waals surface area (Å²) in [5, 5.41) is 2.82. The molecule has 0 aliphatic heterocycles. The van der Waals surface area contributed by atoms with E-state index in [1.165, 1.54) is 14.2 Å². The minimum absolute atomic E-state index is 0.145. The van der Waals surface area contributed by atoms with E-state index in [2.05, 4.69) is 5.32 Å². The second kappa shape index (κ2) is 11.8. The lowest BCUT2D eigenvalue weighted by atomic mass is 10.1. The fourth-order valence-electron chi connectivity index (χ4n) is 3.60. The highest BCUT2D eigenvalue weighted by Gasteiger charge is 2.28. The first-order valence-corrected chi connectivity index (χ1v) is 12.7. The molecule has 0 fully saturated rings. The Hall–Kier alpha value is -3.79. The topological polar surface area (TPSA) is 94.2 Å². The van der Waals surface area contributed by atoms with Crippen molar-refractivity contribution in [3.8, 4) is 17.2 Å². The zero-order valence-corrected chi connectivity index (χ0v) is 21.3.